The van der Waals surface area contributed by atoms with Gasteiger partial charge < -0.3 is 4.90 Å². The van der Waals surface area contributed by atoms with Gasteiger partial charge in [-0.1, -0.05) is 24.3 Å². The molecule has 2 aromatic rings. The number of halogens is 3. The minimum atomic E-state index is -4.47. The smallest absolute Gasteiger partial charge is 0.340 e. The number of nitrogens with zero attached hydrogens (tertiary/aromatic N) is 4. The molecule has 0 bridgehead atoms. The summed E-state index contributed by atoms with van der Waals surface area (Å²) < 4.78 is 75.7. The van der Waals surface area contributed by atoms with Gasteiger partial charge in [-0.15, -0.1) is 0 Å². The van der Waals surface area contributed by atoms with Gasteiger partial charge >= 0.3 is 6.18 Å². The first-order valence-corrected chi connectivity index (χ1v) is 12.5. The summed E-state index contributed by atoms with van der Waals surface area (Å²) in [6.07, 6.45) is -4.11. The highest BCUT2D eigenvalue weighted by Crippen LogP contribution is 2.51. The van der Waals surface area contributed by atoms with Crippen molar-refractivity contribution in [2.75, 3.05) is 26.2 Å². The zero-order valence-corrected chi connectivity index (χ0v) is 18.8. The van der Waals surface area contributed by atoms with Crippen molar-refractivity contribution in [2.24, 2.45) is 14.6 Å². The monoisotopic (exact) mass is 496 g/mol. The van der Waals surface area contributed by atoms with Crippen molar-refractivity contribution in [1.82, 2.24) is 9.21 Å². The van der Waals surface area contributed by atoms with Gasteiger partial charge in [0.05, 0.1) is 16.9 Å². The summed E-state index contributed by atoms with van der Waals surface area (Å²) in [7, 11) is -3.81. The molecule has 174 valence electrons. The first-order chi connectivity index (χ1) is 15.7. The van der Waals surface area contributed by atoms with E-state index >= 15 is 0 Å². The van der Waals surface area contributed by atoms with Crippen LogP contribution < -0.4 is 0 Å². The molecule has 1 saturated carbocycles. The average molecular weight is 497 g/mol. The van der Waals surface area contributed by atoms with Crippen LogP contribution in [0.4, 0.5) is 24.5 Å². The molecule has 2 fully saturated rings. The van der Waals surface area contributed by atoms with Crippen LogP contribution in [0.1, 0.15) is 23.5 Å². The molecule has 0 radical (unpaired) electrons. The lowest BCUT2D eigenvalue weighted by molar-refractivity contribution is -0.139. The van der Waals surface area contributed by atoms with Crippen LogP contribution in [0.15, 0.2) is 56.1 Å². The van der Waals surface area contributed by atoms with Gasteiger partial charge in [-0.3, -0.25) is 4.79 Å². The molecule has 1 saturated heterocycles. The Balaban J connectivity index is 1.25. The van der Waals surface area contributed by atoms with Gasteiger partial charge in [-0.25, -0.2) is 8.42 Å². The van der Waals surface area contributed by atoms with Gasteiger partial charge in [0.15, 0.2) is 0 Å². The average Bonchev–Trinajstić information content (AvgIpc) is 3.45. The number of fused-ring (bicyclic) bond motifs is 1. The molecule has 12 heteroatoms. The van der Waals surface area contributed by atoms with E-state index in [1.165, 1.54) is 22.5 Å². The summed E-state index contributed by atoms with van der Waals surface area (Å²) in [5, 5.41) is 0. The molecule has 7 nitrogen and oxygen atoms in total. The second kappa shape index (κ2) is 8.03. The first-order valence-electron chi connectivity index (χ1n) is 10.3. The highest BCUT2D eigenvalue weighted by atomic mass is 32.2. The summed E-state index contributed by atoms with van der Waals surface area (Å²) in [4.78, 5) is 14.6. The molecule has 5 rings (SSSR count). The van der Waals surface area contributed by atoms with E-state index in [2.05, 4.69) is 8.73 Å². The van der Waals surface area contributed by atoms with E-state index in [0.717, 1.165) is 17.4 Å². The van der Waals surface area contributed by atoms with E-state index in [-0.39, 0.29) is 42.5 Å². The lowest BCUT2D eigenvalue weighted by Crippen LogP contribution is -2.51. The lowest BCUT2D eigenvalue weighted by atomic mass is 10.0. The van der Waals surface area contributed by atoms with Gasteiger partial charge in [-0.2, -0.15) is 26.2 Å². The fraction of sp³-hybridized carbons (Fsp3) is 0.381. The number of carbonyl (C=O) groups is 1. The molecule has 2 unspecified atom stereocenters. The van der Waals surface area contributed by atoms with Gasteiger partial charge in [-0.05, 0) is 36.1 Å². The molecule has 0 aromatic heterocycles. The van der Waals surface area contributed by atoms with Crippen molar-refractivity contribution in [3.8, 4) is 0 Å². The Kier molecular flexibility index (Phi) is 5.41. The van der Waals surface area contributed by atoms with Crippen LogP contribution in [0.5, 0.6) is 0 Å². The summed E-state index contributed by atoms with van der Waals surface area (Å²) in [5.41, 5.74) is 0.278. The molecule has 1 aliphatic carbocycles. The fourth-order valence-corrected chi connectivity index (χ4v) is 6.58. The minimum Gasteiger partial charge on any atom is -0.340 e. The Labute approximate surface area is 192 Å². The molecule has 0 N–H and O–H groups in total. The quantitative estimate of drug-likeness (QED) is 0.546. The maximum Gasteiger partial charge on any atom is 0.416 e. The maximum absolute atomic E-state index is 13.3. The summed E-state index contributed by atoms with van der Waals surface area (Å²) >= 11 is 0.939. The molecule has 2 heterocycles. The Morgan fingerprint density at radius 1 is 1.00 bits per heavy atom. The van der Waals surface area contributed by atoms with Crippen LogP contribution in [0.2, 0.25) is 0 Å². The highest BCUT2D eigenvalue weighted by Gasteiger charge is 2.49. The number of piperazine rings is 1. The van der Waals surface area contributed by atoms with E-state index in [9.17, 15) is 26.4 Å². The van der Waals surface area contributed by atoms with Gasteiger partial charge in [0.1, 0.15) is 16.3 Å². The number of hydrogen-bond donors (Lipinski definition) is 0. The van der Waals surface area contributed by atoms with Gasteiger partial charge in [0, 0.05) is 32.1 Å². The van der Waals surface area contributed by atoms with Crippen molar-refractivity contribution in [1.29, 1.82) is 0 Å². The zero-order valence-electron chi connectivity index (χ0n) is 17.2. The molecule has 2 aliphatic heterocycles. The molecule has 0 spiro atoms. The topological polar surface area (TPSA) is 82.4 Å². The molecule has 1 amide bonds. The molecular weight excluding hydrogens is 477 g/mol. The van der Waals surface area contributed by atoms with Crippen molar-refractivity contribution in [2.45, 2.75) is 23.4 Å². The molecule has 2 aromatic carbocycles. The van der Waals surface area contributed by atoms with Crippen molar-refractivity contribution in [3.63, 3.8) is 0 Å². The second-order valence-electron chi connectivity index (χ2n) is 8.15. The van der Waals surface area contributed by atoms with Crippen LogP contribution in [-0.4, -0.2) is 49.7 Å². The number of benzene rings is 2. The predicted octanol–water partition coefficient (Wildman–Crippen LogP) is 4.07. The molecule has 33 heavy (non-hydrogen) atoms. The third kappa shape index (κ3) is 4.00. The van der Waals surface area contributed by atoms with Crippen LogP contribution in [0.3, 0.4) is 0 Å². The molecular formula is C21H19F3N4O3S2. The number of alkyl halides is 3. The largest absolute Gasteiger partial charge is 0.416 e. The lowest BCUT2D eigenvalue weighted by Gasteiger charge is -2.34. The van der Waals surface area contributed by atoms with E-state index in [4.69, 9.17) is 0 Å². The van der Waals surface area contributed by atoms with Gasteiger partial charge in [0.25, 0.3) is 0 Å². The maximum atomic E-state index is 13.3. The van der Waals surface area contributed by atoms with Crippen LogP contribution in [-0.2, 0) is 32.3 Å². The number of sulfonamides is 1. The van der Waals surface area contributed by atoms with E-state index in [1.807, 2.05) is 0 Å². The van der Waals surface area contributed by atoms with Gasteiger partial charge in [0.2, 0.25) is 15.9 Å². The van der Waals surface area contributed by atoms with E-state index in [0.29, 0.717) is 17.8 Å². The Hall–Kier alpha value is -2.57. The van der Waals surface area contributed by atoms with Crippen LogP contribution >= 0.6 is 0 Å². The molecule has 3 aliphatic rings. The van der Waals surface area contributed by atoms with E-state index in [1.54, 1.807) is 23.1 Å². The number of hydrogen-bond acceptors (Lipinski definition) is 5. The second-order valence-corrected chi connectivity index (χ2v) is 10.6. The first kappa shape index (κ1) is 22.2. The van der Waals surface area contributed by atoms with Crippen LogP contribution in [0.25, 0.3) is 0 Å². The third-order valence-electron chi connectivity index (χ3n) is 6.19. The normalized spacial score (nSPS) is 22.7. The van der Waals surface area contributed by atoms with Crippen molar-refractivity contribution in [3.05, 3.63) is 53.6 Å². The Bertz CT molecular complexity index is 1300. The summed E-state index contributed by atoms with van der Waals surface area (Å²) in [6, 6.07) is 10.2. The number of carbonyl (C=O) groups excluding carboxylic acids is 1. The Morgan fingerprint density at radius 3 is 2.45 bits per heavy atom. The number of amides is 1. The summed E-state index contributed by atoms with van der Waals surface area (Å²) in [6.45, 7) is 0.595. The SMILES string of the molecule is O=C(C1CC1c1ccccc1C(F)(F)F)N1CCN(S(=O)(=O)c2cccc3c2N=S=N3)CC1. The molecule has 2 atom stereocenters. The standard InChI is InChI=1S/C21H19F3N4O3S2/c22-21(23,24)16-5-2-1-4-13(16)14-12-15(14)20(29)27-8-10-28(11-9-27)33(30,31)18-7-3-6-17-19(18)26-32-25-17/h1-7,14-15H,8-12H2. The van der Waals surface area contributed by atoms with Crippen molar-refractivity contribution < 1.29 is 26.4 Å². The zero-order chi connectivity index (χ0) is 23.4. The number of rotatable bonds is 4. The highest BCUT2D eigenvalue weighted by molar-refractivity contribution is 7.89. The predicted molar refractivity (Wildman–Crippen MR) is 116 cm³/mol. The Morgan fingerprint density at radius 2 is 1.73 bits per heavy atom. The third-order valence-corrected chi connectivity index (χ3v) is 8.66. The summed E-state index contributed by atoms with van der Waals surface area (Å²) in [5.74, 6) is -1.20. The van der Waals surface area contributed by atoms with Crippen LogP contribution in [0, 0.1) is 5.92 Å². The fourth-order valence-electron chi connectivity index (χ4n) is 4.40. The minimum absolute atomic E-state index is 0.0829. The van der Waals surface area contributed by atoms with E-state index < -0.39 is 33.6 Å². The van der Waals surface area contributed by atoms with Crippen molar-refractivity contribution >= 4 is 38.7 Å².